The van der Waals surface area contributed by atoms with E-state index in [1.54, 1.807) is 0 Å². The molecule has 0 aliphatic heterocycles. The van der Waals surface area contributed by atoms with E-state index in [1.165, 1.54) is 32.1 Å². The summed E-state index contributed by atoms with van der Waals surface area (Å²) >= 11 is 5.83. The van der Waals surface area contributed by atoms with Gasteiger partial charge in [0, 0.05) is 11.2 Å². The lowest BCUT2D eigenvalue weighted by Gasteiger charge is -2.16. The second kappa shape index (κ2) is 7.29. The van der Waals surface area contributed by atoms with E-state index in [-0.39, 0.29) is 0 Å². The van der Waals surface area contributed by atoms with Crippen LogP contribution in [0.1, 0.15) is 39.0 Å². The van der Waals surface area contributed by atoms with Gasteiger partial charge in [-0.3, -0.25) is 5.43 Å². The van der Waals surface area contributed by atoms with E-state index in [4.69, 9.17) is 11.6 Å². The molecule has 102 valence electrons. The molecule has 19 heavy (non-hydrogen) atoms. The van der Waals surface area contributed by atoms with Crippen LogP contribution in [0.4, 0.5) is 5.69 Å². The molecule has 0 heterocycles. The molecule has 0 aromatic heterocycles. The summed E-state index contributed by atoms with van der Waals surface area (Å²) < 4.78 is 0. The molecule has 0 amide bonds. The monoisotopic (exact) mass is 277 g/mol. The highest BCUT2D eigenvalue weighted by Crippen LogP contribution is 2.21. The van der Waals surface area contributed by atoms with Crippen LogP contribution in [-0.2, 0) is 0 Å². The molecule has 1 aliphatic rings. The Kier molecular flexibility index (Phi) is 5.40. The fourth-order valence-electron chi connectivity index (χ4n) is 2.25. The number of benzene rings is 1. The maximum Gasteiger partial charge on any atom is 0.119 e. The fourth-order valence-corrected chi connectivity index (χ4v) is 2.38. The number of aliphatic imine (C=N–C) groups is 1. The second-order valence-corrected chi connectivity index (χ2v) is 5.40. The Hall–Kier alpha value is -1.35. The van der Waals surface area contributed by atoms with Crippen LogP contribution in [0, 0.1) is 5.92 Å². The molecule has 0 radical (unpaired) electrons. The summed E-state index contributed by atoms with van der Waals surface area (Å²) in [4.78, 5) is 4.42. The van der Waals surface area contributed by atoms with Crippen molar-refractivity contribution in [1.82, 2.24) is 5.43 Å². The summed E-state index contributed by atoms with van der Waals surface area (Å²) in [6.45, 7) is 1.91. The van der Waals surface area contributed by atoms with Crippen LogP contribution in [0.5, 0.6) is 0 Å². The molecule has 0 atom stereocenters. The van der Waals surface area contributed by atoms with E-state index in [0.29, 0.717) is 5.92 Å². The number of nitrogens with one attached hydrogen (secondary N) is 1. The quantitative estimate of drug-likeness (QED) is 0.491. The molecule has 0 bridgehead atoms. The van der Waals surface area contributed by atoms with Crippen molar-refractivity contribution >= 4 is 29.3 Å². The first-order valence-corrected chi connectivity index (χ1v) is 7.22. The van der Waals surface area contributed by atoms with Crippen molar-refractivity contribution in [2.45, 2.75) is 39.0 Å². The number of hydrogen-bond donors (Lipinski definition) is 1. The summed E-state index contributed by atoms with van der Waals surface area (Å²) in [5, 5.41) is 5.00. The van der Waals surface area contributed by atoms with Crippen molar-refractivity contribution in [3.05, 3.63) is 29.3 Å². The third kappa shape index (κ3) is 5.03. The van der Waals surface area contributed by atoms with Gasteiger partial charge in [0.1, 0.15) is 5.84 Å². The number of nitrogens with zero attached hydrogens (tertiary/aromatic N) is 2. The zero-order valence-corrected chi connectivity index (χ0v) is 12.0. The zero-order chi connectivity index (χ0) is 13.5. The van der Waals surface area contributed by atoms with E-state index in [1.807, 2.05) is 37.4 Å². The SMILES string of the molecule is CC(=Nc1ccc(Cl)cc1)N/N=C/C1CCCCC1. The average Bonchev–Trinajstić information content (AvgIpc) is 2.43. The highest BCUT2D eigenvalue weighted by atomic mass is 35.5. The third-order valence-corrected chi connectivity index (χ3v) is 3.54. The van der Waals surface area contributed by atoms with Crippen molar-refractivity contribution < 1.29 is 0 Å². The molecule has 0 saturated heterocycles. The Balaban J connectivity index is 1.84. The minimum atomic E-state index is 0.629. The summed E-state index contributed by atoms with van der Waals surface area (Å²) in [6.07, 6.45) is 8.58. The Morgan fingerprint density at radius 2 is 1.89 bits per heavy atom. The first-order chi connectivity index (χ1) is 9.24. The maximum absolute atomic E-state index is 5.83. The van der Waals surface area contributed by atoms with Crippen LogP contribution in [-0.4, -0.2) is 12.1 Å². The van der Waals surface area contributed by atoms with Gasteiger partial charge < -0.3 is 0 Å². The minimum Gasteiger partial charge on any atom is -0.265 e. The topological polar surface area (TPSA) is 36.8 Å². The Morgan fingerprint density at radius 1 is 1.21 bits per heavy atom. The summed E-state index contributed by atoms with van der Waals surface area (Å²) in [5.41, 5.74) is 3.86. The minimum absolute atomic E-state index is 0.629. The van der Waals surface area contributed by atoms with Crippen molar-refractivity contribution in [3.63, 3.8) is 0 Å². The normalized spacial score (nSPS) is 17.9. The lowest BCUT2D eigenvalue weighted by molar-refractivity contribution is 0.444. The molecule has 3 nitrogen and oxygen atoms in total. The molecule has 1 saturated carbocycles. The van der Waals surface area contributed by atoms with E-state index < -0.39 is 0 Å². The number of hydrazone groups is 1. The van der Waals surface area contributed by atoms with Crippen LogP contribution in [0.2, 0.25) is 5.02 Å². The van der Waals surface area contributed by atoms with Gasteiger partial charge in [0.15, 0.2) is 0 Å². The van der Waals surface area contributed by atoms with Crippen LogP contribution in [0.25, 0.3) is 0 Å². The van der Waals surface area contributed by atoms with Crippen LogP contribution < -0.4 is 5.43 Å². The lowest BCUT2D eigenvalue weighted by atomic mass is 9.90. The van der Waals surface area contributed by atoms with Gasteiger partial charge in [-0.25, -0.2) is 4.99 Å². The van der Waals surface area contributed by atoms with Gasteiger partial charge in [-0.05, 0) is 49.9 Å². The predicted octanol–water partition coefficient (Wildman–Crippen LogP) is 4.55. The van der Waals surface area contributed by atoms with E-state index >= 15 is 0 Å². The van der Waals surface area contributed by atoms with Crippen LogP contribution >= 0.6 is 11.6 Å². The first kappa shape index (κ1) is 14.1. The summed E-state index contributed by atoms with van der Waals surface area (Å²) in [5.74, 6) is 1.42. The van der Waals surface area contributed by atoms with Crippen LogP contribution in [0.3, 0.4) is 0 Å². The molecule has 1 fully saturated rings. The smallest absolute Gasteiger partial charge is 0.119 e. The maximum atomic E-state index is 5.83. The number of halogens is 1. The highest BCUT2D eigenvalue weighted by Gasteiger charge is 2.10. The van der Waals surface area contributed by atoms with Crippen molar-refractivity contribution in [3.8, 4) is 0 Å². The van der Waals surface area contributed by atoms with Gasteiger partial charge in [0.05, 0.1) is 5.69 Å². The fraction of sp³-hybridized carbons (Fsp3) is 0.467. The van der Waals surface area contributed by atoms with E-state index in [2.05, 4.69) is 15.5 Å². The summed E-state index contributed by atoms with van der Waals surface area (Å²) in [7, 11) is 0. The predicted molar refractivity (Wildman–Crippen MR) is 82.4 cm³/mol. The van der Waals surface area contributed by atoms with Crippen molar-refractivity contribution in [2.24, 2.45) is 16.0 Å². The summed E-state index contributed by atoms with van der Waals surface area (Å²) in [6, 6.07) is 7.44. The molecule has 1 aromatic carbocycles. The van der Waals surface area contributed by atoms with Crippen molar-refractivity contribution in [2.75, 3.05) is 0 Å². The molecule has 1 aliphatic carbocycles. The largest absolute Gasteiger partial charge is 0.265 e. The standard InChI is InChI=1S/C15H20ClN3/c1-12(18-15-9-7-14(16)8-10-15)19-17-11-13-5-3-2-4-6-13/h7-11,13H,2-6H2,1H3,(H,18,19)/b17-11+. The van der Waals surface area contributed by atoms with Gasteiger partial charge in [-0.1, -0.05) is 30.9 Å². The van der Waals surface area contributed by atoms with Gasteiger partial charge in [-0.2, -0.15) is 5.10 Å². The molecule has 0 unspecified atom stereocenters. The lowest BCUT2D eigenvalue weighted by Crippen LogP contribution is -2.15. The first-order valence-electron chi connectivity index (χ1n) is 6.84. The molecule has 0 spiro atoms. The Labute approximate surface area is 119 Å². The van der Waals surface area contributed by atoms with Crippen LogP contribution in [0.15, 0.2) is 34.4 Å². The van der Waals surface area contributed by atoms with E-state index in [9.17, 15) is 0 Å². The molecule has 1 aromatic rings. The van der Waals surface area contributed by atoms with E-state index in [0.717, 1.165) is 16.5 Å². The molecular weight excluding hydrogens is 258 g/mol. The van der Waals surface area contributed by atoms with Gasteiger partial charge in [-0.15, -0.1) is 0 Å². The average molecular weight is 278 g/mol. The molecule has 1 N–H and O–H groups in total. The third-order valence-electron chi connectivity index (χ3n) is 3.28. The zero-order valence-electron chi connectivity index (χ0n) is 11.3. The second-order valence-electron chi connectivity index (χ2n) is 4.96. The van der Waals surface area contributed by atoms with Gasteiger partial charge >= 0.3 is 0 Å². The number of rotatable bonds is 3. The molecule has 4 heteroatoms. The molecular formula is C15H20ClN3. The highest BCUT2D eigenvalue weighted by molar-refractivity contribution is 6.30. The Morgan fingerprint density at radius 3 is 2.58 bits per heavy atom. The van der Waals surface area contributed by atoms with Gasteiger partial charge in [0.25, 0.3) is 0 Å². The number of hydrogen-bond acceptors (Lipinski definition) is 2. The van der Waals surface area contributed by atoms with Gasteiger partial charge in [0.2, 0.25) is 0 Å². The molecule has 2 rings (SSSR count). The number of amidine groups is 1. The van der Waals surface area contributed by atoms with Crippen molar-refractivity contribution in [1.29, 1.82) is 0 Å². The Bertz CT molecular complexity index is 445.